The molecule has 0 spiro atoms. The number of halogens is 2. The first-order valence-electron chi connectivity index (χ1n) is 6.98. The Labute approximate surface area is 137 Å². The maximum atomic E-state index is 13.6. The molecule has 5 heteroatoms. The van der Waals surface area contributed by atoms with Crippen LogP contribution in [0.2, 0.25) is 5.02 Å². The maximum absolute atomic E-state index is 13.6. The minimum atomic E-state index is -0.548. The van der Waals surface area contributed by atoms with Gasteiger partial charge in [0.25, 0.3) is 5.91 Å². The van der Waals surface area contributed by atoms with E-state index in [1.807, 2.05) is 36.4 Å². The second-order valence-corrected chi connectivity index (χ2v) is 5.41. The van der Waals surface area contributed by atoms with Gasteiger partial charge in [-0.1, -0.05) is 41.9 Å². The quantitative estimate of drug-likeness (QED) is 0.756. The number of fused-ring (bicyclic) bond motifs is 1. The summed E-state index contributed by atoms with van der Waals surface area (Å²) in [6, 6.07) is 17.4. The topological polar surface area (TPSA) is 38.3 Å². The summed E-state index contributed by atoms with van der Waals surface area (Å²) in [5.41, 5.74) is 0.0320. The van der Waals surface area contributed by atoms with Crippen molar-refractivity contribution in [2.24, 2.45) is 0 Å². The molecular formula is C18H13ClFNO2. The van der Waals surface area contributed by atoms with Crippen LogP contribution in [-0.4, -0.2) is 12.5 Å². The van der Waals surface area contributed by atoms with Crippen molar-refractivity contribution < 1.29 is 13.9 Å². The van der Waals surface area contributed by atoms with E-state index in [0.29, 0.717) is 10.8 Å². The number of amides is 1. The van der Waals surface area contributed by atoms with Gasteiger partial charge in [-0.15, -0.1) is 0 Å². The van der Waals surface area contributed by atoms with E-state index in [4.69, 9.17) is 16.3 Å². The first-order valence-corrected chi connectivity index (χ1v) is 7.36. The summed E-state index contributed by atoms with van der Waals surface area (Å²) in [5, 5.41) is 4.89. The van der Waals surface area contributed by atoms with Crippen LogP contribution < -0.4 is 10.1 Å². The van der Waals surface area contributed by atoms with Crippen LogP contribution in [0.5, 0.6) is 5.75 Å². The summed E-state index contributed by atoms with van der Waals surface area (Å²) in [7, 11) is 0. The smallest absolute Gasteiger partial charge is 0.262 e. The van der Waals surface area contributed by atoms with Gasteiger partial charge in [0.15, 0.2) is 6.61 Å². The van der Waals surface area contributed by atoms with Crippen LogP contribution >= 0.6 is 11.6 Å². The van der Waals surface area contributed by atoms with Crippen molar-refractivity contribution in [2.75, 3.05) is 11.9 Å². The van der Waals surface area contributed by atoms with Gasteiger partial charge >= 0.3 is 0 Å². The summed E-state index contributed by atoms with van der Waals surface area (Å²) in [4.78, 5) is 11.9. The molecule has 3 aromatic carbocycles. The molecule has 1 amide bonds. The summed E-state index contributed by atoms with van der Waals surface area (Å²) < 4.78 is 19.0. The van der Waals surface area contributed by atoms with Crippen molar-refractivity contribution >= 4 is 34.0 Å². The number of carbonyl (C=O) groups is 1. The predicted molar refractivity (Wildman–Crippen MR) is 89.5 cm³/mol. The first kappa shape index (κ1) is 15.3. The fraction of sp³-hybridized carbons (Fsp3) is 0.0556. The first-order chi connectivity index (χ1) is 11.1. The number of ether oxygens (including phenoxy) is 1. The minimum Gasteiger partial charge on any atom is -0.484 e. The third-order valence-electron chi connectivity index (χ3n) is 3.29. The van der Waals surface area contributed by atoms with Gasteiger partial charge in [0, 0.05) is 5.02 Å². The zero-order valence-corrected chi connectivity index (χ0v) is 12.8. The fourth-order valence-electron chi connectivity index (χ4n) is 2.19. The molecule has 0 aliphatic rings. The van der Waals surface area contributed by atoms with Crippen LogP contribution in [0.25, 0.3) is 10.8 Å². The lowest BCUT2D eigenvalue weighted by molar-refractivity contribution is -0.118. The van der Waals surface area contributed by atoms with Crippen molar-refractivity contribution in [3.63, 3.8) is 0 Å². The van der Waals surface area contributed by atoms with E-state index >= 15 is 0 Å². The van der Waals surface area contributed by atoms with E-state index in [2.05, 4.69) is 5.32 Å². The van der Waals surface area contributed by atoms with Crippen molar-refractivity contribution in [3.8, 4) is 5.75 Å². The molecule has 0 fully saturated rings. The lowest BCUT2D eigenvalue weighted by Crippen LogP contribution is -2.20. The third kappa shape index (κ3) is 3.79. The van der Waals surface area contributed by atoms with Gasteiger partial charge in [0.1, 0.15) is 11.6 Å². The highest BCUT2D eigenvalue weighted by molar-refractivity contribution is 6.30. The Bertz CT molecular complexity index is 867. The summed E-state index contributed by atoms with van der Waals surface area (Å²) in [6.45, 7) is -0.218. The number of hydrogen-bond acceptors (Lipinski definition) is 2. The van der Waals surface area contributed by atoms with Crippen LogP contribution in [0.1, 0.15) is 0 Å². The fourth-order valence-corrected chi connectivity index (χ4v) is 2.36. The molecule has 0 aliphatic carbocycles. The van der Waals surface area contributed by atoms with Gasteiger partial charge in [-0.2, -0.15) is 0 Å². The number of nitrogens with one attached hydrogen (secondary N) is 1. The number of benzene rings is 3. The lowest BCUT2D eigenvalue weighted by atomic mass is 10.1. The molecule has 3 aromatic rings. The van der Waals surface area contributed by atoms with Gasteiger partial charge in [-0.05, 0) is 41.1 Å². The number of rotatable bonds is 4. The minimum absolute atomic E-state index is 0.0320. The standard InChI is InChI=1S/C18H13ClFNO2/c19-14-6-8-16(20)17(10-14)21-18(22)11-23-15-7-5-12-3-1-2-4-13(12)9-15/h1-10H,11H2,(H,21,22). The average molecular weight is 330 g/mol. The molecule has 0 saturated heterocycles. The Hall–Kier alpha value is -2.59. The van der Waals surface area contributed by atoms with E-state index in [0.717, 1.165) is 10.8 Å². The molecule has 0 atom stereocenters. The number of hydrogen-bond donors (Lipinski definition) is 1. The Morgan fingerprint density at radius 2 is 1.83 bits per heavy atom. The molecule has 3 rings (SSSR count). The van der Waals surface area contributed by atoms with Crippen molar-refractivity contribution in [1.29, 1.82) is 0 Å². The number of anilines is 1. The highest BCUT2D eigenvalue weighted by atomic mass is 35.5. The molecule has 23 heavy (non-hydrogen) atoms. The predicted octanol–water partition coefficient (Wildman–Crippen LogP) is 4.65. The zero-order chi connectivity index (χ0) is 16.2. The van der Waals surface area contributed by atoms with Crippen molar-refractivity contribution in [1.82, 2.24) is 0 Å². The third-order valence-corrected chi connectivity index (χ3v) is 3.53. The second-order valence-electron chi connectivity index (χ2n) is 4.97. The Morgan fingerprint density at radius 1 is 1.04 bits per heavy atom. The van der Waals surface area contributed by atoms with Gasteiger partial charge < -0.3 is 10.1 Å². The highest BCUT2D eigenvalue weighted by Gasteiger charge is 2.08. The van der Waals surface area contributed by atoms with Crippen molar-refractivity contribution in [2.45, 2.75) is 0 Å². The van der Waals surface area contributed by atoms with E-state index in [1.54, 1.807) is 6.07 Å². The van der Waals surface area contributed by atoms with Gasteiger partial charge in [-0.3, -0.25) is 4.79 Å². The normalized spacial score (nSPS) is 10.5. The SMILES string of the molecule is O=C(COc1ccc2ccccc2c1)Nc1cc(Cl)ccc1F. The summed E-state index contributed by atoms with van der Waals surface area (Å²) in [6.07, 6.45) is 0. The van der Waals surface area contributed by atoms with Crippen LogP contribution in [-0.2, 0) is 4.79 Å². The van der Waals surface area contributed by atoms with E-state index in [1.165, 1.54) is 18.2 Å². The monoisotopic (exact) mass is 329 g/mol. The Balaban J connectivity index is 1.64. The average Bonchev–Trinajstić information content (AvgIpc) is 2.56. The molecule has 0 aromatic heterocycles. The largest absolute Gasteiger partial charge is 0.484 e. The van der Waals surface area contributed by atoms with Crippen LogP contribution in [0.4, 0.5) is 10.1 Å². The summed E-state index contributed by atoms with van der Waals surface area (Å²) >= 11 is 5.78. The van der Waals surface area contributed by atoms with E-state index in [-0.39, 0.29) is 12.3 Å². The summed E-state index contributed by atoms with van der Waals surface area (Å²) in [5.74, 6) is -0.432. The molecular weight excluding hydrogens is 317 g/mol. The maximum Gasteiger partial charge on any atom is 0.262 e. The van der Waals surface area contributed by atoms with Crippen molar-refractivity contribution in [3.05, 3.63) is 71.5 Å². The molecule has 0 saturated carbocycles. The highest BCUT2D eigenvalue weighted by Crippen LogP contribution is 2.21. The molecule has 116 valence electrons. The second kappa shape index (κ2) is 6.67. The Morgan fingerprint density at radius 3 is 2.65 bits per heavy atom. The lowest BCUT2D eigenvalue weighted by Gasteiger charge is -2.09. The zero-order valence-electron chi connectivity index (χ0n) is 12.1. The van der Waals surface area contributed by atoms with Crippen LogP contribution in [0, 0.1) is 5.82 Å². The van der Waals surface area contributed by atoms with E-state index in [9.17, 15) is 9.18 Å². The number of carbonyl (C=O) groups excluding carboxylic acids is 1. The van der Waals surface area contributed by atoms with Gasteiger partial charge in [-0.25, -0.2) is 4.39 Å². The molecule has 3 nitrogen and oxygen atoms in total. The van der Waals surface area contributed by atoms with Crippen LogP contribution in [0.15, 0.2) is 60.7 Å². The van der Waals surface area contributed by atoms with Gasteiger partial charge in [0.2, 0.25) is 0 Å². The Kier molecular flexibility index (Phi) is 4.44. The van der Waals surface area contributed by atoms with Crippen LogP contribution in [0.3, 0.4) is 0 Å². The molecule has 1 N–H and O–H groups in total. The van der Waals surface area contributed by atoms with Gasteiger partial charge in [0.05, 0.1) is 5.69 Å². The molecule has 0 heterocycles. The van der Waals surface area contributed by atoms with E-state index < -0.39 is 11.7 Å². The molecule has 0 aliphatic heterocycles. The molecule has 0 unspecified atom stereocenters. The molecule has 0 radical (unpaired) electrons. The molecule has 0 bridgehead atoms.